The molecule has 1 saturated carbocycles. The SMILES string of the molecule is C#CN(C)C1CNCCN1Cc1ccc2cnc(NC(=O)C3CC3)cc2c1. The fourth-order valence-electron chi connectivity index (χ4n) is 3.55. The summed E-state index contributed by atoms with van der Waals surface area (Å²) in [6.07, 6.45) is 9.58. The molecule has 1 unspecified atom stereocenters. The van der Waals surface area contributed by atoms with E-state index in [2.05, 4.69) is 44.8 Å². The van der Waals surface area contributed by atoms with Crippen LogP contribution in [0.5, 0.6) is 0 Å². The van der Waals surface area contributed by atoms with Crippen molar-refractivity contribution >= 4 is 22.5 Å². The highest BCUT2D eigenvalue weighted by atomic mass is 16.2. The van der Waals surface area contributed by atoms with E-state index in [0.717, 1.165) is 49.8 Å². The first-order valence-electron chi connectivity index (χ1n) is 9.47. The zero-order chi connectivity index (χ0) is 18.8. The molecule has 0 spiro atoms. The number of hydrogen-bond donors (Lipinski definition) is 2. The van der Waals surface area contributed by atoms with E-state index in [9.17, 15) is 4.79 Å². The van der Waals surface area contributed by atoms with Gasteiger partial charge in [-0.05, 0) is 35.9 Å². The second-order valence-corrected chi connectivity index (χ2v) is 7.41. The zero-order valence-electron chi connectivity index (χ0n) is 15.6. The number of fused-ring (bicyclic) bond motifs is 1. The monoisotopic (exact) mass is 363 g/mol. The number of anilines is 1. The number of terminal acetylenes is 1. The van der Waals surface area contributed by atoms with Gasteiger partial charge in [0.1, 0.15) is 12.0 Å². The topological polar surface area (TPSA) is 60.5 Å². The Kier molecular flexibility index (Phi) is 4.97. The van der Waals surface area contributed by atoms with Gasteiger partial charge in [-0.2, -0.15) is 0 Å². The van der Waals surface area contributed by atoms with Crippen molar-refractivity contribution in [1.29, 1.82) is 0 Å². The Morgan fingerprint density at radius 3 is 3.04 bits per heavy atom. The molecule has 2 aromatic rings. The number of carbonyl (C=O) groups is 1. The molecule has 1 amide bonds. The van der Waals surface area contributed by atoms with Crippen LogP contribution in [0, 0.1) is 18.4 Å². The molecule has 140 valence electrons. The smallest absolute Gasteiger partial charge is 0.228 e. The number of benzene rings is 1. The number of piperazine rings is 1. The molecule has 1 aromatic carbocycles. The molecule has 2 aliphatic rings. The molecule has 27 heavy (non-hydrogen) atoms. The minimum atomic E-state index is 0.0824. The van der Waals surface area contributed by atoms with Crippen LogP contribution in [0.3, 0.4) is 0 Å². The molecular weight excluding hydrogens is 338 g/mol. The molecule has 1 aliphatic heterocycles. The Morgan fingerprint density at radius 2 is 2.26 bits per heavy atom. The van der Waals surface area contributed by atoms with Crippen LogP contribution in [0.4, 0.5) is 5.82 Å². The van der Waals surface area contributed by atoms with Gasteiger partial charge in [-0.1, -0.05) is 18.6 Å². The lowest BCUT2D eigenvalue weighted by molar-refractivity contribution is -0.117. The summed E-state index contributed by atoms with van der Waals surface area (Å²) >= 11 is 0. The standard InChI is InChI=1S/C21H25N5O/c1-3-25(2)20-13-22-8-9-26(20)14-15-4-5-17-12-23-19(11-18(17)10-15)24-21(27)16-6-7-16/h1,4-5,10-12,16,20,22H,6-9,13-14H2,2H3,(H,23,24,27). The number of amides is 1. The third kappa shape index (κ3) is 4.05. The average Bonchev–Trinajstić information content (AvgIpc) is 3.53. The van der Waals surface area contributed by atoms with Crippen molar-refractivity contribution in [2.75, 3.05) is 32.0 Å². The molecule has 4 rings (SSSR count). The van der Waals surface area contributed by atoms with Gasteiger partial charge in [-0.3, -0.25) is 9.69 Å². The molecule has 2 N–H and O–H groups in total. The number of aromatic nitrogens is 1. The number of likely N-dealkylation sites (N-methyl/N-ethyl adjacent to an activating group) is 1. The average molecular weight is 363 g/mol. The summed E-state index contributed by atoms with van der Waals surface area (Å²) in [6.45, 7) is 3.60. The molecule has 0 radical (unpaired) electrons. The summed E-state index contributed by atoms with van der Waals surface area (Å²) in [6, 6.07) is 11.1. The largest absolute Gasteiger partial charge is 0.318 e. The third-order valence-corrected chi connectivity index (χ3v) is 5.35. The van der Waals surface area contributed by atoms with Gasteiger partial charge < -0.3 is 15.5 Å². The van der Waals surface area contributed by atoms with E-state index in [-0.39, 0.29) is 18.0 Å². The predicted octanol–water partition coefficient (Wildman–Crippen LogP) is 1.84. The number of carbonyl (C=O) groups excluding carboxylic acids is 1. The summed E-state index contributed by atoms with van der Waals surface area (Å²) < 4.78 is 0. The lowest BCUT2D eigenvalue weighted by Gasteiger charge is -2.39. The van der Waals surface area contributed by atoms with Crippen LogP contribution in [0.15, 0.2) is 30.5 Å². The second kappa shape index (κ2) is 7.55. The van der Waals surface area contributed by atoms with E-state index in [0.29, 0.717) is 5.82 Å². The predicted molar refractivity (Wildman–Crippen MR) is 107 cm³/mol. The van der Waals surface area contributed by atoms with Crippen molar-refractivity contribution in [2.45, 2.75) is 25.6 Å². The fourth-order valence-corrected chi connectivity index (χ4v) is 3.55. The van der Waals surface area contributed by atoms with E-state index in [1.807, 2.05) is 24.2 Å². The first-order chi connectivity index (χ1) is 13.1. The lowest BCUT2D eigenvalue weighted by Crippen LogP contribution is -2.56. The number of nitrogens with one attached hydrogen (secondary N) is 2. The Hall–Kier alpha value is -2.62. The van der Waals surface area contributed by atoms with Gasteiger partial charge in [0, 0.05) is 56.8 Å². The highest BCUT2D eigenvalue weighted by Gasteiger charge is 2.29. The molecule has 1 atom stereocenters. The Morgan fingerprint density at radius 1 is 1.41 bits per heavy atom. The number of rotatable bonds is 5. The summed E-state index contributed by atoms with van der Waals surface area (Å²) in [4.78, 5) is 20.7. The van der Waals surface area contributed by atoms with Crippen LogP contribution in [0.25, 0.3) is 10.8 Å². The van der Waals surface area contributed by atoms with Gasteiger partial charge in [0.2, 0.25) is 5.91 Å². The first kappa shape index (κ1) is 17.8. The van der Waals surface area contributed by atoms with Gasteiger partial charge in [-0.15, -0.1) is 0 Å². The third-order valence-electron chi connectivity index (χ3n) is 5.35. The number of hydrogen-bond acceptors (Lipinski definition) is 5. The van der Waals surface area contributed by atoms with Gasteiger partial charge in [0.15, 0.2) is 0 Å². The number of nitrogens with zero attached hydrogens (tertiary/aromatic N) is 3. The molecule has 1 aliphatic carbocycles. The Labute approximate surface area is 159 Å². The minimum Gasteiger partial charge on any atom is -0.318 e. The second-order valence-electron chi connectivity index (χ2n) is 7.41. The summed E-state index contributed by atoms with van der Waals surface area (Å²) in [7, 11) is 1.95. The van der Waals surface area contributed by atoms with E-state index < -0.39 is 0 Å². The molecule has 1 aromatic heterocycles. The molecule has 2 fully saturated rings. The van der Waals surface area contributed by atoms with Crippen LogP contribution >= 0.6 is 0 Å². The summed E-state index contributed by atoms with van der Waals surface area (Å²) in [5.41, 5.74) is 1.23. The molecule has 0 bridgehead atoms. The molecule has 6 heteroatoms. The van der Waals surface area contributed by atoms with E-state index >= 15 is 0 Å². The van der Waals surface area contributed by atoms with Crippen molar-refractivity contribution in [3.63, 3.8) is 0 Å². The van der Waals surface area contributed by atoms with E-state index in [1.54, 1.807) is 0 Å². The molecular formula is C21H25N5O. The Bertz CT molecular complexity index is 886. The highest BCUT2D eigenvalue weighted by molar-refractivity contribution is 5.95. The Balaban J connectivity index is 1.52. The first-order valence-corrected chi connectivity index (χ1v) is 9.47. The van der Waals surface area contributed by atoms with Gasteiger partial charge in [-0.25, -0.2) is 4.98 Å². The van der Waals surface area contributed by atoms with Crippen molar-refractivity contribution in [2.24, 2.45) is 5.92 Å². The minimum absolute atomic E-state index is 0.0824. The fraction of sp³-hybridized carbons (Fsp3) is 0.429. The van der Waals surface area contributed by atoms with Crippen LogP contribution in [-0.4, -0.2) is 53.5 Å². The quantitative estimate of drug-likeness (QED) is 0.627. The van der Waals surface area contributed by atoms with Crippen LogP contribution in [0.2, 0.25) is 0 Å². The van der Waals surface area contributed by atoms with Crippen LogP contribution in [-0.2, 0) is 11.3 Å². The maximum absolute atomic E-state index is 12.0. The van der Waals surface area contributed by atoms with E-state index in [1.165, 1.54) is 5.56 Å². The van der Waals surface area contributed by atoms with Crippen LogP contribution in [0.1, 0.15) is 18.4 Å². The maximum Gasteiger partial charge on any atom is 0.228 e. The normalized spacial score (nSPS) is 20.2. The van der Waals surface area contributed by atoms with Crippen molar-refractivity contribution in [1.82, 2.24) is 20.1 Å². The highest BCUT2D eigenvalue weighted by Crippen LogP contribution is 2.30. The molecule has 1 saturated heterocycles. The van der Waals surface area contributed by atoms with Gasteiger partial charge in [0.05, 0.1) is 0 Å². The van der Waals surface area contributed by atoms with Gasteiger partial charge >= 0.3 is 0 Å². The van der Waals surface area contributed by atoms with Gasteiger partial charge in [0.25, 0.3) is 0 Å². The number of pyridine rings is 1. The summed E-state index contributed by atoms with van der Waals surface area (Å²) in [5, 5.41) is 8.50. The van der Waals surface area contributed by atoms with Crippen LogP contribution < -0.4 is 10.6 Å². The zero-order valence-corrected chi connectivity index (χ0v) is 15.6. The summed E-state index contributed by atoms with van der Waals surface area (Å²) in [5.74, 6) is 0.884. The maximum atomic E-state index is 12.0. The van der Waals surface area contributed by atoms with Crippen molar-refractivity contribution in [3.8, 4) is 12.5 Å². The lowest BCUT2D eigenvalue weighted by atomic mass is 10.1. The van der Waals surface area contributed by atoms with Crippen molar-refractivity contribution in [3.05, 3.63) is 36.0 Å². The molecule has 6 nitrogen and oxygen atoms in total. The molecule has 2 heterocycles. The van der Waals surface area contributed by atoms with Crippen molar-refractivity contribution < 1.29 is 4.79 Å². The van der Waals surface area contributed by atoms with E-state index in [4.69, 9.17) is 6.42 Å².